The van der Waals surface area contributed by atoms with Crippen LogP contribution in [0.15, 0.2) is 34.9 Å². The highest BCUT2D eigenvalue weighted by Gasteiger charge is 2.04. The lowest BCUT2D eigenvalue weighted by Crippen LogP contribution is -1.95. The molecule has 0 aromatic heterocycles. The van der Waals surface area contributed by atoms with Crippen molar-refractivity contribution in [3.63, 3.8) is 0 Å². The van der Waals surface area contributed by atoms with E-state index < -0.39 is 0 Å². The minimum atomic E-state index is 0.632. The van der Waals surface area contributed by atoms with E-state index in [1.165, 1.54) is 22.3 Å². The maximum absolute atomic E-state index is 3.79. The molecule has 0 aliphatic heterocycles. The second-order valence-electron chi connectivity index (χ2n) is 3.97. The van der Waals surface area contributed by atoms with Gasteiger partial charge in [0, 0.05) is 0 Å². The Hall–Kier alpha value is -0.780. The summed E-state index contributed by atoms with van der Waals surface area (Å²) in [6.45, 7) is 16.9. The molecular weight excluding hydrogens is 156 g/mol. The molecule has 0 aromatic rings. The van der Waals surface area contributed by atoms with E-state index in [0.29, 0.717) is 5.92 Å². The first-order chi connectivity index (χ1) is 5.91. The Labute approximate surface area is 83.0 Å². The van der Waals surface area contributed by atoms with E-state index in [2.05, 4.69) is 48.1 Å². The Morgan fingerprint density at radius 1 is 1.00 bits per heavy atom. The van der Waals surface area contributed by atoms with Crippen LogP contribution in [0.3, 0.4) is 0 Å². The zero-order chi connectivity index (χ0) is 10.6. The van der Waals surface area contributed by atoms with E-state index in [9.17, 15) is 0 Å². The van der Waals surface area contributed by atoms with Crippen LogP contribution in [0.2, 0.25) is 0 Å². The number of hydrogen-bond donors (Lipinski definition) is 0. The zero-order valence-corrected chi connectivity index (χ0v) is 9.86. The zero-order valence-electron chi connectivity index (χ0n) is 9.86. The molecule has 0 nitrogen and oxygen atoms in total. The van der Waals surface area contributed by atoms with Crippen LogP contribution in [0.1, 0.15) is 41.5 Å². The summed E-state index contributed by atoms with van der Waals surface area (Å²) >= 11 is 0. The molecule has 0 radical (unpaired) electrons. The summed E-state index contributed by atoms with van der Waals surface area (Å²) in [7, 11) is 0. The van der Waals surface area contributed by atoms with E-state index in [1.54, 1.807) is 0 Å². The quantitative estimate of drug-likeness (QED) is 0.558. The van der Waals surface area contributed by atoms with Gasteiger partial charge in [0.2, 0.25) is 0 Å². The maximum atomic E-state index is 3.79. The Bertz CT molecular complexity index is 249. The van der Waals surface area contributed by atoms with Gasteiger partial charge in [0.25, 0.3) is 0 Å². The van der Waals surface area contributed by atoms with Gasteiger partial charge in [0.1, 0.15) is 0 Å². The number of rotatable bonds is 3. The fraction of sp³-hybridized carbons (Fsp3) is 0.538. The lowest BCUT2D eigenvalue weighted by atomic mass is 9.93. The van der Waals surface area contributed by atoms with E-state index in [1.807, 2.05) is 6.08 Å². The molecule has 0 rings (SSSR count). The Morgan fingerprint density at radius 3 is 1.77 bits per heavy atom. The molecule has 0 atom stereocenters. The van der Waals surface area contributed by atoms with Crippen molar-refractivity contribution in [1.82, 2.24) is 0 Å². The molecule has 0 amide bonds. The lowest BCUT2D eigenvalue weighted by Gasteiger charge is -2.13. The average molecular weight is 178 g/mol. The van der Waals surface area contributed by atoms with E-state index in [0.717, 1.165) is 0 Å². The minimum absolute atomic E-state index is 0.632. The van der Waals surface area contributed by atoms with Crippen molar-refractivity contribution in [3.8, 4) is 0 Å². The predicted octanol–water partition coefficient (Wildman–Crippen LogP) is 4.50. The SMILES string of the molecule is C=C/C(C)=C(C)\C(C)=C(\C)C(C)C. The summed E-state index contributed by atoms with van der Waals surface area (Å²) in [6.07, 6.45) is 1.92. The van der Waals surface area contributed by atoms with Gasteiger partial charge in [-0.1, -0.05) is 32.1 Å². The van der Waals surface area contributed by atoms with Crippen LogP contribution in [0.25, 0.3) is 0 Å². The maximum Gasteiger partial charge on any atom is -0.0257 e. The Morgan fingerprint density at radius 2 is 1.46 bits per heavy atom. The average Bonchev–Trinajstić information content (AvgIpc) is 2.12. The van der Waals surface area contributed by atoms with Crippen LogP contribution < -0.4 is 0 Å². The second kappa shape index (κ2) is 5.06. The summed E-state index contributed by atoms with van der Waals surface area (Å²) in [5, 5.41) is 0. The summed E-state index contributed by atoms with van der Waals surface area (Å²) in [6, 6.07) is 0. The largest absolute Gasteiger partial charge is 0.0988 e. The monoisotopic (exact) mass is 178 g/mol. The first-order valence-corrected chi connectivity index (χ1v) is 4.89. The molecule has 0 saturated carbocycles. The van der Waals surface area contributed by atoms with E-state index in [4.69, 9.17) is 0 Å². The first-order valence-electron chi connectivity index (χ1n) is 4.89. The standard InChI is InChI=1S/C13H22/c1-8-10(4)12(6)13(7)11(5)9(2)3/h8-9H,1H2,2-7H3/b12-10-,13-11-. The molecule has 0 spiro atoms. The summed E-state index contributed by atoms with van der Waals surface area (Å²) in [5.74, 6) is 0.632. The highest BCUT2D eigenvalue weighted by atomic mass is 14.1. The van der Waals surface area contributed by atoms with Crippen molar-refractivity contribution in [2.45, 2.75) is 41.5 Å². The molecule has 0 fully saturated rings. The topological polar surface area (TPSA) is 0 Å². The smallest absolute Gasteiger partial charge is 0.0257 e. The van der Waals surface area contributed by atoms with Crippen LogP contribution in [0, 0.1) is 5.92 Å². The van der Waals surface area contributed by atoms with Gasteiger partial charge in [-0.05, 0) is 50.3 Å². The van der Waals surface area contributed by atoms with Crippen molar-refractivity contribution >= 4 is 0 Å². The molecule has 0 bridgehead atoms. The lowest BCUT2D eigenvalue weighted by molar-refractivity contribution is 0.758. The third kappa shape index (κ3) is 3.22. The summed E-state index contributed by atoms with van der Waals surface area (Å²) in [5.41, 5.74) is 5.52. The van der Waals surface area contributed by atoms with Crippen LogP contribution >= 0.6 is 0 Å². The molecule has 0 N–H and O–H groups in total. The van der Waals surface area contributed by atoms with Gasteiger partial charge in [-0.25, -0.2) is 0 Å². The van der Waals surface area contributed by atoms with E-state index in [-0.39, 0.29) is 0 Å². The summed E-state index contributed by atoms with van der Waals surface area (Å²) in [4.78, 5) is 0. The second-order valence-corrected chi connectivity index (χ2v) is 3.97. The van der Waals surface area contributed by atoms with Crippen LogP contribution in [-0.2, 0) is 0 Å². The molecule has 0 heterocycles. The van der Waals surface area contributed by atoms with Gasteiger partial charge < -0.3 is 0 Å². The molecule has 0 aliphatic carbocycles. The van der Waals surface area contributed by atoms with Crippen molar-refractivity contribution in [2.24, 2.45) is 5.92 Å². The van der Waals surface area contributed by atoms with Gasteiger partial charge in [0.15, 0.2) is 0 Å². The van der Waals surface area contributed by atoms with Crippen LogP contribution in [0.5, 0.6) is 0 Å². The van der Waals surface area contributed by atoms with Crippen molar-refractivity contribution < 1.29 is 0 Å². The van der Waals surface area contributed by atoms with Gasteiger partial charge in [-0.15, -0.1) is 0 Å². The molecule has 0 saturated heterocycles. The Kier molecular flexibility index (Phi) is 4.76. The van der Waals surface area contributed by atoms with Crippen molar-refractivity contribution in [2.75, 3.05) is 0 Å². The highest BCUT2D eigenvalue weighted by molar-refractivity contribution is 5.38. The van der Waals surface area contributed by atoms with Gasteiger partial charge >= 0.3 is 0 Å². The van der Waals surface area contributed by atoms with Crippen molar-refractivity contribution in [1.29, 1.82) is 0 Å². The molecule has 0 aliphatic rings. The normalized spacial score (nSPS) is 15.3. The van der Waals surface area contributed by atoms with E-state index >= 15 is 0 Å². The third-order valence-corrected chi connectivity index (χ3v) is 2.92. The van der Waals surface area contributed by atoms with Gasteiger partial charge in [-0.2, -0.15) is 0 Å². The highest BCUT2D eigenvalue weighted by Crippen LogP contribution is 2.22. The predicted molar refractivity (Wildman–Crippen MR) is 61.8 cm³/mol. The fourth-order valence-electron chi connectivity index (χ4n) is 1.18. The molecule has 0 unspecified atom stereocenters. The minimum Gasteiger partial charge on any atom is -0.0988 e. The number of allylic oxidation sites excluding steroid dienone is 5. The van der Waals surface area contributed by atoms with Crippen molar-refractivity contribution in [3.05, 3.63) is 34.9 Å². The molecule has 0 heteroatoms. The van der Waals surface area contributed by atoms with Gasteiger partial charge in [0.05, 0.1) is 0 Å². The van der Waals surface area contributed by atoms with Gasteiger partial charge in [-0.3, -0.25) is 0 Å². The molecule has 74 valence electrons. The van der Waals surface area contributed by atoms with Crippen LogP contribution in [0.4, 0.5) is 0 Å². The molecule has 13 heavy (non-hydrogen) atoms. The fourth-order valence-corrected chi connectivity index (χ4v) is 1.18. The summed E-state index contributed by atoms with van der Waals surface area (Å²) < 4.78 is 0. The van der Waals surface area contributed by atoms with Crippen LogP contribution in [-0.4, -0.2) is 0 Å². The Balaban J connectivity index is 5.10. The first kappa shape index (κ1) is 12.2. The molecular formula is C13H22. The third-order valence-electron chi connectivity index (χ3n) is 2.92. The number of hydrogen-bond acceptors (Lipinski definition) is 0. The molecule has 0 aromatic carbocycles.